The summed E-state index contributed by atoms with van der Waals surface area (Å²) >= 11 is 0. The predicted molar refractivity (Wildman–Crippen MR) is 186 cm³/mol. The minimum absolute atomic E-state index is 0.157. The van der Waals surface area contributed by atoms with Gasteiger partial charge in [-0.3, -0.25) is 23.9 Å². The number of imidazole rings is 1. The second-order valence-electron chi connectivity index (χ2n) is 12.5. The number of carbonyl (C=O) groups is 3. The van der Waals surface area contributed by atoms with Gasteiger partial charge in [0.25, 0.3) is 0 Å². The third-order valence-electron chi connectivity index (χ3n) is 8.65. The lowest BCUT2D eigenvalue weighted by Gasteiger charge is -2.32. The van der Waals surface area contributed by atoms with Crippen molar-refractivity contribution >= 4 is 34.9 Å². The van der Waals surface area contributed by atoms with Crippen LogP contribution in [0.25, 0.3) is 11.2 Å². The van der Waals surface area contributed by atoms with Crippen molar-refractivity contribution in [3.63, 3.8) is 0 Å². The Labute approximate surface area is 290 Å². The SMILES string of the molecule is CCCCOc1nc(N)c2[nH]c(=O)n(Cc3ccc(CN4CCC(CCNC(=O)C(CCCCN)NC(=O)CONC(=O)O)CC4)cc3)c2n1. The molecule has 1 unspecified atom stereocenters. The van der Waals surface area contributed by atoms with Gasteiger partial charge in [-0.25, -0.2) is 9.59 Å². The summed E-state index contributed by atoms with van der Waals surface area (Å²) < 4.78 is 7.18. The number of fused-ring (bicyclic) bond motifs is 1. The number of unbranched alkanes of at least 4 members (excludes halogenated alkanes) is 2. The highest BCUT2D eigenvalue weighted by molar-refractivity contribution is 5.88. The average Bonchev–Trinajstić information content (AvgIpc) is 3.40. The Hall–Kier alpha value is -4.74. The van der Waals surface area contributed by atoms with Crippen molar-refractivity contribution in [3.8, 4) is 6.01 Å². The van der Waals surface area contributed by atoms with Gasteiger partial charge in [-0.05, 0) is 81.6 Å². The molecule has 3 aromatic rings. The Bertz CT molecular complexity index is 1600. The van der Waals surface area contributed by atoms with Gasteiger partial charge in [0.15, 0.2) is 18.1 Å². The van der Waals surface area contributed by atoms with Gasteiger partial charge < -0.3 is 36.9 Å². The Morgan fingerprint density at radius 2 is 1.80 bits per heavy atom. The van der Waals surface area contributed by atoms with E-state index in [9.17, 15) is 19.2 Å². The van der Waals surface area contributed by atoms with Crippen LogP contribution < -0.4 is 38.0 Å². The Balaban J connectivity index is 1.21. The number of H-pyrrole nitrogens is 1. The van der Waals surface area contributed by atoms with Crippen LogP contribution in [0.15, 0.2) is 29.1 Å². The summed E-state index contributed by atoms with van der Waals surface area (Å²) in [6.07, 6.45) is 5.07. The number of amides is 3. The molecule has 50 heavy (non-hydrogen) atoms. The summed E-state index contributed by atoms with van der Waals surface area (Å²) in [6, 6.07) is 7.60. The molecule has 9 N–H and O–H groups in total. The molecule has 0 aliphatic carbocycles. The van der Waals surface area contributed by atoms with Gasteiger partial charge in [0.05, 0.1) is 13.2 Å². The maximum Gasteiger partial charge on any atom is 0.428 e. The van der Waals surface area contributed by atoms with Crippen molar-refractivity contribution in [2.24, 2.45) is 11.7 Å². The number of nitrogens with one attached hydrogen (secondary N) is 4. The number of nitrogens with zero attached hydrogens (tertiary/aromatic N) is 4. The van der Waals surface area contributed by atoms with E-state index >= 15 is 0 Å². The maximum atomic E-state index is 12.9. The van der Waals surface area contributed by atoms with Crippen molar-refractivity contribution in [1.82, 2.24) is 40.5 Å². The van der Waals surface area contributed by atoms with Crippen LogP contribution in [0.3, 0.4) is 0 Å². The summed E-state index contributed by atoms with van der Waals surface area (Å²) in [5, 5.41) is 14.1. The van der Waals surface area contributed by atoms with Crippen LogP contribution in [0.2, 0.25) is 0 Å². The molecule has 0 radical (unpaired) electrons. The van der Waals surface area contributed by atoms with Crippen LogP contribution >= 0.6 is 0 Å². The second-order valence-corrected chi connectivity index (χ2v) is 12.5. The molecule has 274 valence electrons. The van der Waals surface area contributed by atoms with E-state index in [-0.39, 0.29) is 23.4 Å². The number of aromatic amines is 1. The van der Waals surface area contributed by atoms with Gasteiger partial charge in [-0.15, -0.1) is 0 Å². The first-order valence-corrected chi connectivity index (χ1v) is 17.2. The third-order valence-corrected chi connectivity index (χ3v) is 8.65. The molecule has 0 spiro atoms. The summed E-state index contributed by atoms with van der Waals surface area (Å²) in [7, 11) is 0. The lowest BCUT2D eigenvalue weighted by atomic mass is 9.93. The maximum absolute atomic E-state index is 12.9. The van der Waals surface area contributed by atoms with E-state index in [1.54, 1.807) is 5.48 Å². The molecule has 1 aromatic carbocycles. The van der Waals surface area contributed by atoms with E-state index in [2.05, 4.69) is 54.4 Å². The standard InChI is InChI=1S/C33H50N10O7/c1-2-3-18-49-31-39-28(35)27-29(40-31)43(32(46)38-27)20-24-9-7-23(8-10-24)19-42-16-12-22(13-17-42)11-15-36-30(45)25(6-4-5-14-34)37-26(44)21-50-41-33(47)48/h7-10,22,25,41H,2-6,11-21,34H2,1H3,(H,36,45)(H,37,44)(H,38,46)(H,47,48)(H2,35,39,40). The highest BCUT2D eigenvalue weighted by Gasteiger charge is 2.23. The molecular weight excluding hydrogens is 648 g/mol. The normalized spacial score (nSPS) is 14.4. The quantitative estimate of drug-likeness (QED) is 0.0655. The number of nitrogens with two attached hydrogens (primary N) is 2. The fraction of sp³-hybridized carbons (Fsp3) is 0.576. The number of likely N-dealkylation sites (tertiary alicyclic amines) is 1. The Morgan fingerprint density at radius 1 is 1.08 bits per heavy atom. The van der Waals surface area contributed by atoms with E-state index in [1.165, 1.54) is 10.1 Å². The zero-order chi connectivity index (χ0) is 35.9. The van der Waals surface area contributed by atoms with Crippen molar-refractivity contribution < 1.29 is 29.1 Å². The minimum atomic E-state index is -1.42. The van der Waals surface area contributed by atoms with Crippen molar-refractivity contribution in [3.05, 3.63) is 45.9 Å². The number of hydroxylamine groups is 1. The molecule has 1 fully saturated rings. The van der Waals surface area contributed by atoms with Gasteiger partial charge in [0, 0.05) is 13.1 Å². The van der Waals surface area contributed by atoms with Crippen molar-refractivity contribution in [2.45, 2.75) is 77.4 Å². The number of carbonyl (C=O) groups excluding carboxylic acids is 2. The van der Waals surface area contributed by atoms with Crippen LogP contribution in [-0.2, 0) is 27.5 Å². The lowest BCUT2D eigenvalue weighted by molar-refractivity contribution is -0.133. The molecule has 3 heterocycles. The largest absolute Gasteiger partial charge is 0.464 e. The first-order valence-electron chi connectivity index (χ1n) is 17.2. The van der Waals surface area contributed by atoms with E-state index in [0.29, 0.717) is 62.6 Å². The lowest BCUT2D eigenvalue weighted by Crippen LogP contribution is -2.48. The highest BCUT2D eigenvalue weighted by Crippen LogP contribution is 2.22. The number of ether oxygens (including phenoxy) is 1. The fourth-order valence-corrected chi connectivity index (χ4v) is 5.86. The molecule has 1 aliphatic rings. The monoisotopic (exact) mass is 698 g/mol. The van der Waals surface area contributed by atoms with Gasteiger partial charge in [-0.2, -0.15) is 15.4 Å². The van der Waals surface area contributed by atoms with Gasteiger partial charge in [0.2, 0.25) is 11.8 Å². The molecule has 0 saturated carbocycles. The first-order chi connectivity index (χ1) is 24.2. The minimum Gasteiger partial charge on any atom is -0.464 e. The number of nitrogen functional groups attached to an aromatic ring is 1. The molecule has 17 heteroatoms. The molecule has 1 saturated heterocycles. The number of hydrogen-bond acceptors (Lipinski definition) is 11. The van der Waals surface area contributed by atoms with Crippen LogP contribution in [0.5, 0.6) is 6.01 Å². The van der Waals surface area contributed by atoms with Gasteiger partial charge in [-0.1, -0.05) is 37.6 Å². The molecule has 0 bridgehead atoms. The number of rotatable bonds is 20. The molecule has 1 aliphatic heterocycles. The number of carboxylic acid groups (broad SMARTS) is 1. The van der Waals surface area contributed by atoms with Crippen LogP contribution in [0, 0.1) is 5.92 Å². The Kier molecular flexibility index (Phi) is 14.8. The summed E-state index contributed by atoms with van der Waals surface area (Å²) in [4.78, 5) is 66.7. The number of benzene rings is 1. The molecule has 4 rings (SSSR count). The van der Waals surface area contributed by atoms with Crippen LogP contribution in [0.4, 0.5) is 10.6 Å². The zero-order valence-corrected chi connectivity index (χ0v) is 28.6. The van der Waals surface area contributed by atoms with Crippen LogP contribution in [0.1, 0.15) is 69.4 Å². The molecule has 2 aromatic heterocycles. The van der Waals surface area contributed by atoms with Crippen molar-refractivity contribution in [2.75, 3.05) is 45.1 Å². The van der Waals surface area contributed by atoms with E-state index in [0.717, 1.165) is 57.3 Å². The van der Waals surface area contributed by atoms with Crippen molar-refractivity contribution in [1.29, 1.82) is 0 Å². The van der Waals surface area contributed by atoms with Gasteiger partial charge in [0.1, 0.15) is 11.6 Å². The third kappa shape index (κ3) is 11.7. The molecular formula is C33H50N10O7. The van der Waals surface area contributed by atoms with E-state index < -0.39 is 24.6 Å². The number of hydrogen-bond donors (Lipinski definition) is 7. The average molecular weight is 699 g/mol. The summed E-state index contributed by atoms with van der Waals surface area (Å²) in [5.41, 5.74) is 15.9. The highest BCUT2D eigenvalue weighted by atomic mass is 16.7. The Morgan fingerprint density at radius 3 is 2.48 bits per heavy atom. The number of aromatic nitrogens is 4. The van der Waals surface area contributed by atoms with Gasteiger partial charge >= 0.3 is 17.8 Å². The summed E-state index contributed by atoms with van der Waals surface area (Å²) in [6.45, 7) is 6.00. The molecule has 1 atom stereocenters. The first kappa shape index (κ1) is 38.1. The topological polar surface area (TPSA) is 245 Å². The van der Waals surface area contributed by atoms with E-state index in [4.69, 9.17) is 21.3 Å². The zero-order valence-electron chi connectivity index (χ0n) is 28.6. The summed E-state index contributed by atoms with van der Waals surface area (Å²) in [5.74, 6) is -0.234. The molecule has 3 amide bonds. The van der Waals surface area contributed by atoms with E-state index in [1.807, 2.05) is 12.1 Å². The molecule has 17 nitrogen and oxygen atoms in total. The number of piperidine rings is 1. The predicted octanol–water partition coefficient (Wildman–Crippen LogP) is 1.46. The fourth-order valence-electron chi connectivity index (χ4n) is 5.86. The second kappa shape index (κ2) is 19.4. The number of anilines is 1. The van der Waals surface area contributed by atoms with Crippen LogP contribution in [-0.4, -0.2) is 92.9 Å². The smallest absolute Gasteiger partial charge is 0.428 e.